The Morgan fingerprint density at radius 2 is 1.91 bits per heavy atom. The number of carbonyl (C=O) groups is 1. The Morgan fingerprint density at radius 1 is 1.13 bits per heavy atom. The average molecular weight is 353 g/mol. The summed E-state index contributed by atoms with van der Waals surface area (Å²) < 4.78 is 10.6. The number of hydrogen-bond acceptors (Lipinski definition) is 4. The molecule has 1 aliphatic heterocycles. The van der Waals surface area contributed by atoms with Crippen molar-refractivity contribution in [3.8, 4) is 11.5 Å². The van der Waals surface area contributed by atoms with Crippen molar-refractivity contribution in [2.75, 3.05) is 17.4 Å². The molecule has 23 heavy (non-hydrogen) atoms. The normalized spacial score (nSPS) is 13.5. The first-order chi connectivity index (χ1) is 11.0. The quantitative estimate of drug-likeness (QED) is 0.867. The lowest BCUT2D eigenvalue weighted by Gasteiger charge is -2.16. The number of carbonyl (C=O) groups excluding carboxylic acids is 1. The van der Waals surface area contributed by atoms with E-state index in [1.54, 1.807) is 37.3 Å². The number of fused-ring (bicyclic) bond motifs is 1. The topological polar surface area (TPSA) is 59.6 Å². The van der Waals surface area contributed by atoms with Crippen LogP contribution in [0, 0.1) is 0 Å². The highest BCUT2D eigenvalue weighted by Gasteiger charge is 2.17. The third-order valence-electron chi connectivity index (χ3n) is 3.34. The average Bonchev–Trinajstić information content (AvgIpc) is 2.98. The van der Waals surface area contributed by atoms with Crippen molar-refractivity contribution in [1.29, 1.82) is 0 Å². The van der Waals surface area contributed by atoms with Crippen molar-refractivity contribution in [3.63, 3.8) is 0 Å². The summed E-state index contributed by atoms with van der Waals surface area (Å²) >= 11 is 12.0. The minimum absolute atomic E-state index is 0.210. The lowest BCUT2D eigenvalue weighted by Crippen LogP contribution is -2.31. The van der Waals surface area contributed by atoms with E-state index < -0.39 is 6.04 Å². The van der Waals surface area contributed by atoms with Crippen LogP contribution in [-0.2, 0) is 4.79 Å². The van der Waals surface area contributed by atoms with Gasteiger partial charge in [0.05, 0.1) is 10.7 Å². The van der Waals surface area contributed by atoms with E-state index in [0.29, 0.717) is 27.2 Å². The largest absolute Gasteiger partial charge is 0.454 e. The van der Waals surface area contributed by atoms with E-state index in [0.717, 1.165) is 5.69 Å². The Bertz CT molecular complexity index is 752. The van der Waals surface area contributed by atoms with E-state index in [4.69, 9.17) is 32.7 Å². The van der Waals surface area contributed by atoms with Crippen LogP contribution in [0.4, 0.5) is 11.4 Å². The van der Waals surface area contributed by atoms with Crippen LogP contribution in [0.25, 0.3) is 0 Å². The Labute approximate surface area is 143 Å². The summed E-state index contributed by atoms with van der Waals surface area (Å²) in [6, 6.07) is 9.83. The molecule has 1 aliphatic rings. The molecule has 1 atom stereocenters. The molecule has 3 rings (SSSR count). The molecule has 0 spiro atoms. The maximum atomic E-state index is 12.3. The van der Waals surface area contributed by atoms with E-state index in [9.17, 15) is 4.79 Å². The van der Waals surface area contributed by atoms with Gasteiger partial charge in [0.15, 0.2) is 11.5 Å². The Hall–Kier alpha value is -2.11. The van der Waals surface area contributed by atoms with Crippen molar-refractivity contribution in [2.24, 2.45) is 0 Å². The highest BCUT2D eigenvalue weighted by molar-refractivity contribution is 6.35. The molecule has 2 aromatic carbocycles. The van der Waals surface area contributed by atoms with Crippen molar-refractivity contribution in [2.45, 2.75) is 13.0 Å². The summed E-state index contributed by atoms with van der Waals surface area (Å²) in [4.78, 5) is 12.3. The Kier molecular flexibility index (Phi) is 4.50. The summed E-state index contributed by atoms with van der Waals surface area (Å²) in [7, 11) is 0. The van der Waals surface area contributed by atoms with Crippen molar-refractivity contribution in [3.05, 3.63) is 46.4 Å². The van der Waals surface area contributed by atoms with Crippen LogP contribution in [0.2, 0.25) is 10.0 Å². The molecule has 2 N–H and O–H groups in total. The van der Waals surface area contributed by atoms with Gasteiger partial charge < -0.3 is 20.1 Å². The summed E-state index contributed by atoms with van der Waals surface area (Å²) in [5.74, 6) is 1.12. The third kappa shape index (κ3) is 3.63. The van der Waals surface area contributed by atoms with E-state index in [-0.39, 0.29) is 12.7 Å². The number of rotatable bonds is 4. The van der Waals surface area contributed by atoms with Crippen LogP contribution >= 0.6 is 23.2 Å². The fourth-order valence-electron chi connectivity index (χ4n) is 2.14. The molecular formula is C16H14Cl2N2O3. The zero-order valence-corrected chi connectivity index (χ0v) is 13.7. The smallest absolute Gasteiger partial charge is 0.246 e. The maximum Gasteiger partial charge on any atom is 0.246 e. The highest BCUT2D eigenvalue weighted by Crippen LogP contribution is 2.34. The van der Waals surface area contributed by atoms with Crippen LogP contribution < -0.4 is 20.1 Å². The molecule has 1 heterocycles. The number of anilines is 2. The second-order valence-corrected chi connectivity index (χ2v) is 5.89. The zero-order valence-electron chi connectivity index (χ0n) is 12.2. The monoisotopic (exact) mass is 352 g/mol. The molecule has 2 aromatic rings. The third-order valence-corrected chi connectivity index (χ3v) is 3.90. The molecule has 0 unspecified atom stereocenters. The van der Waals surface area contributed by atoms with Crippen molar-refractivity contribution >= 4 is 40.5 Å². The van der Waals surface area contributed by atoms with E-state index >= 15 is 0 Å². The number of halogens is 2. The minimum atomic E-state index is -0.481. The van der Waals surface area contributed by atoms with Gasteiger partial charge in [-0.05, 0) is 37.3 Å². The van der Waals surface area contributed by atoms with E-state index in [1.807, 2.05) is 6.07 Å². The van der Waals surface area contributed by atoms with Gasteiger partial charge in [-0.2, -0.15) is 0 Å². The predicted octanol–water partition coefficient (Wildman–Crippen LogP) is 4.16. The first-order valence-electron chi connectivity index (χ1n) is 6.95. The SMILES string of the molecule is C[C@@H](Nc1ccc2c(c1)OCO2)C(=O)Nc1cc(Cl)ccc1Cl. The van der Waals surface area contributed by atoms with Crippen LogP contribution in [0.5, 0.6) is 11.5 Å². The predicted molar refractivity (Wildman–Crippen MR) is 90.7 cm³/mol. The first kappa shape index (κ1) is 15.8. The Balaban J connectivity index is 1.67. The summed E-state index contributed by atoms with van der Waals surface area (Å²) in [5.41, 5.74) is 1.23. The van der Waals surface area contributed by atoms with Gasteiger partial charge in [0, 0.05) is 16.8 Å². The number of amides is 1. The fraction of sp³-hybridized carbons (Fsp3) is 0.188. The minimum Gasteiger partial charge on any atom is -0.454 e. The molecule has 0 fully saturated rings. The van der Waals surface area contributed by atoms with Gasteiger partial charge >= 0.3 is 0 Å². The highest BCUT2D eigenvalue weighted by atomic mass is 35.5. The molecule has 1 amide bonds. The van der Waals surface area contributed by atoms with E-state index in [1.165, 1.54) is 0 Å². The van der Waals surface area contributed by atoms with Crippen LogP contribution in [0.15, 0.2) is 36.4 Å². The Morgan fingerprint density at radius 3 is 2.74 bits per heavy atom. The van der Waals surface area contributed by atoms with Crippen LogP contribution in [0.1, 0.15) is 6.92 Å². The van der Waals surface area contributed by atoms with Crippen LogP contribution in [-0.4, -0.2) is 18.7 Å². The lowest BCUT2D eigenvalue weighted by atomic mass is 10.2. The number of nitrogens with one attached hydrogen (secondary N) is 2. The van der Waals surface area contributed by atoms with Gasteiger partial charge in [-0.25, -0.2) is 0 Å². The molecule has 0 radical (unpaired) electrons. The van der Waals surface area contributed by atoms with Gasteiger partial charge in [-0.1, -0.05) is 23.2 Å². The van der Waals surface area contributed by atoms with Gasteiger partial charge in [0.25, 0.3) is 0 Å². The molecule has 7 heteroatoms. The zero-order chi connectivity index (χ0) is 16.4. The van der Waals surface area contributed by atoms with Gasteiger partial charge in [0.1, 0.15) is 6.04 Å². The second kappa shape index (κ2) is 6.56. The molecule has 0 bridgehead atoms. The van der Waals surface area contributed by atoms with Crippen LogP contribution in [0.3, 0.4) is 0 Å². The number of hydrogen-bond donors (Lipinski definition) is 2. The van der Waals surface area contributed by atoms with Crippen molar-refractivity contribution in [1.82, 2.24) is 0 Å². The van der Waals surface area contributed by atoms with Gasteiger partial charge in [-0.15, -0.1) is 0 Å². The second-order valence-electron chi connectivity index (χ2n) is 5.05. The number of benzene rings is 2. The lowest BCUT2D eigenvalue weighted by molar-refractivity contribution is -0.116. The van der Waals surface area contributed by atoms with E-state index in [2.05, 4.69) is 10.6 Å². The molecule has 0 aliphatic carbocycles. The fourth-order valence-corrected chi connectivity index (χ4v) is 2.47. The van der Waals surface area contributed by atoms with Gasteiger partial charge in [-0.3, -0.25) is 4.79 Å². The molecule has 120 valence electrons. The van der Waals surface area contributed by atoms with Gasteiger partial charge in [0.2, 0.25) is 12.7 Å². The molecule has 0 aromatic heterocycles. The maximum absolute atomic E-state index is 12.3. The molecular weight excluding hydrogens is 339 g/mol. The van der Waals surface area contributed by atoms with Crippen molar-refractivity contribution < 1.29 is 14.3 Å². The summed E-state index contributed by atoms with van der Waals surface area (Å²) in [5, 5.41) is 6.78. The summed E-state index contributed by atoms with van der Waals surface area (Å²) in [6.07, 6.45) is 0. The standard InChI is InChI=1S/C16H14Cl2N2O3/c1-9(16(21)20-13-6-10(17)2-4-12(13)18)19-11-3-5-14-15(7-11)23-8-22-14/h2-7,9,19H,8H2,1H3,(H,20,21)/t9-/m1/s1. The summed E-state index contributed by atoms with van der Waals surface area (Å²) in [6.45, 7) is 1.96. The number of ether oxygens (including phenoxy) is 2. The molecule has 5 nitrogen and oxygen atoms in total. The molecule has 0 saturated heterocycles. The first-order valence-corrected chi connectivity index (χ1v) is 7.70. The molecule has 0 saturated carbocycles.